The minimum absolute atomic E-state index is 0.284. The molecular weight excluding hydrogens is 386 g/mol. The third-order valence-corrected chi connectivity index (χ3v) is 7.83. The zero-order valence-electron chi connectivity index (χ0n) is 21.8. The maximum atomic E-state index is 8.43. The molecule has 0 aromatic carbocycles. The number of nitrogens with two attached hydrogens (primary N) is 1. The van der Waals surface area contributed by atoms with Crippen LogP contribution in [0, 0.1) is 5.41 Å². The lowest BCUT2D eigenvalue weighted by molar-refractivity contribution is -0.924. The van der Waals surface area contributed by atoms with Crippen molar-refractivity contribution in [2.75, 3.05) is 73.0 Å². The van der Waals surface area contributed by atoms with Crippen molar-refractivity contribution in [3.05, 3.63) is 0 Å². The summed E-state index contributed by atoms with van der Waals surface area (Å²) in [7, 11) is 4.32. The van der Waals surface area contributed by atoms with Crippen LogP contribution in [0.25, 0.3) is 0 Å². The lowest BCUT2D eigenvalue weighted by atomic mass is 10.1. The molecule has 1 heterocycles. The van der Waals surface area contributed by atoms with Gasteiger partial charge in [0, 0.05) is 20.1 Å². The van der Waals surface area contributed by atoms with Crippen LogP contribution in [0.1, 0.15) is 66.7 Å². The van der Waals surface area contributed by atoms with Gasteiger partial charge in [0.05, 0.1) is 58.9 Å². The summed E-state index contributed by atoms with van der Waals surface area (Å²) < 4.78 is 2.27. The van der Waals surface area contributed by atoms with Crippen LogP contribution in [-0.4, -0.2) is 110 Å². The number of nitrogens with one attached hydrogen (secondary N) is 1. The van der Waals surface area contributed by atoms with Crippen LogP contribution in [0.3, 0.4) is 0 Å². The normalized spacial score (nSPS) is 19.5. The smallest absolute Gasteiger partial charge is 0.220 e. The van der Waals surface area contributed by atoms with E-state index < -0.39 is 0 Å². The summed E-state index contributed by atoms with van der Waals surface area (Å²) in [6.07, 6.45) is 5.83. The van der Waals surface area contributed by atoms with Crippen LogP contribution in [0.4, 0.5) is 0 Å². The van der Waals surface area contributed by atoms with Gasteiger partial charge < -0.3 is 24.5 Å². The largest absolute Gasteiger partial charge is 0.369 e. The summed E-state index contributed by atoms with van der Waals surface area (Å²) in [5, 5.41) is 8.43. The third kappa shape index (κ3) is 8.26. The van der Waals surface area contributed by atoms with Gasteiger partial charge in [-0.2, -0.15) is 4.99 Å². The zero-order valence-corrected chi connectivity index (χ0v) is 21.8. The van der Waals surface area contributed by atoms with Gasteiger partial charge in [0.15, 0.2) is 5.96 Å². The average molecular weight is 440 g/mol. The number of hydrogen-bond acceptors (Lipinski definition) is 1. The quantitative estimate of drug-likeness (QED) is 0.200. The maximum Gasteiger partial charge on any atom is 0.220 e. The van der Waals surface area contributed by atoms with Crippen molar-refractivity contribution in [1.82, 2.24) is 9.80 Å². The highest BCUT2D eigenvalue weighted by Crippen LogP contribution is 2.21. The molecule has 31 heavy (non-hydrogen) atoms. The molecule has 2 unspecified atom stereocenters. The summed E-state index contributed by atoms with van der Waals surface area (Å²) >= 11 is 0. The highest BCUT2D eigenvalue weighted by Gasteiger charge is 2.34. The Morgan fingerprint density at radius 3 is 2.26 bits per heavy atom. The Morgan fingerprint density at radius 2 is 1.71 bits per heavy atom. The molecule has 0 spiro atoms. The van der Waals surface area contributed by atoms with Crippen molar-refractivity contribution in [3.8, 4) is 0 Å². The zero-order chi connectivity index (χ0) is 23.5. The Morgan fingerprint density at radius 1 is 1.06 bits per heavy atom. The number of aliphatic imine (C=N–C) groups is 1. The van der Waals surface area contributed by atoms with E-state index in [0.717, 1.165) is 61.1 Å². The van der Waals surface area contributed by atoms with E-state index in [1.165, 1.54) is 38.9 Å². The van der Waals surface area contributed by atoms with Gasteiger partial charge >= 0.3 is 0 Å². The molecule has 0 saturated carbocycles. The highest BCUT2D eigenvalue weighted by molar-refractivity contribution is 5.92. The Kier molecular flexibility index (Phi) is 11.8. The Bertz CT molecular complexity index is 550. The van der Waals surface area contributed by atoms with Gasteiger partial charge in [-0.3, -0.25) is 5.41 Å². The first kappa shape index (κ1) is 27.7. The van der Waals surface area contributed by atoms with E-state index in [1.54, 1.807) is 0 Å². The van der Waals surface area contributed by atoms with E-state index >= 15 is 0 Å². The second-order valence-corrected chi connectivity index (χ2v) is 9.77. The highest BCUT2D eigenvalue weighted by atomic mass is 15.4. The summed E-state index contributed by atoms with van der Waals surface area (Å²) in [6.45, 7) is 21.5. The Balaban J connectivity index is 2.60. The minimum atomic E-state index is 0.284. The second kappa shape index (κ2) is 13.3. The van der Waals surface area contributed by atoms with Crippen LogP contribution in [0.2, 0.25) is 0 Å². The summed E-state index contributed by atoms with van der Waals surface area (Å²) in [5.74, 6) is 0.811. The molecule has 2 atom stereocenters. The van der Waals surface area contributed by atoms with E-state index in [0.29, 0.717) is 12.0 Å². The van der Waals surface area contributed by atoms with Gasteiger partial charge in [-0.25, -0.2) is 0 Å². The lowest BCUT2D eigenvalue weighted by Gasteiger charge is -2.40. The average Bonchev–Trinajstić information content (AvgIpc) is 3.23. The van der Waals surface area contributed by atoms with Gasteiger partial charge in [0.1, 0.15) is 0 Å². The van der Waals surface area contributed by atoms with Crippen LogP contribution >= 0.6 is 0 Å². The van der Waals surface area contributed by atoms with E-state index in [1.807, 2.05) is 11.9 Å². The molecule has 0 bridgehead atoms. The summed E-state index contributed by atoms with van der Waals surface area (Å²) in [4.78, 5) is 8.71. The van der Waals surface area contributed by atoms with Crippen molar-refractivity contribution in [2.45, 2.75) is 72.8 Å². The van der Waals surface area contributed by atoms with Gasteiger partial charge in [-0.1, -0.05) is 6.92 Å². The van der Waals surface area contributed by atoms with Crippen molar-refractivity contribution >= 4 is 11.9 Å². The van der Waals surface area contributed by atoms with Crippen LogP contribution in [0.15, 0.2) is 4.99 Å². The first-order valence-electron chi connectivity index (χ1n) is 12.8. The van der Waals surface area contributed by atoms with Crippen LogP contribution in [-0.2, 0) is 0 Å². The summed E-state index contributed by atoms with van der Waals surface area (Å²) in [5.41, 5.74) is 6.41. The molecule has 1 aliphatic rings. The van der Waals surface area contributed by atoms with Gasteiger partial charge in [0.2, 0.25) is 5.96 Å². The first-order valence-corrected chi connectivity index (χ1v) is 12.8. The second-order valence-electron chi connectivity index (χ2n) is 9.77. The fourth-order valence-electron chi connectivity index (χ4n) is 5.01. The van der Waals surface area contributed by atoms with E-state index in [4.69, 9.17) is 11.1 Å². The van der Waals surface area contributed by atoms with E-state index in [2.05, 4.69) is 51.6 Å². The van der Waals surface area contributed by atoms with E-state index in [-0.39, 0.29) is 5.96 Å². The molecule has 1 fully saturated rings. The van der Waals surface area contributed by atoms with Gasteiger partial charge in [-0.05, 0) is 59.8 Å². The lowest BCUT2D eigenvalue weighted by Crippen LogP contribution is -2.56. The van der Waals surface area contributed by atoms with Crippen LogP contribution < -0.4 is 5.73 Å². The fraction of sp³-hybridized carbons (Fsp3) is 0.917. The molecular formula is C24H53N7+2. The van der Waals surface area contributed by atoms with Gasteiger partial charge in [0.25, 0.3) is 0 Å². The number of rotatable bonds is 13. The van der Waals surface area contributed by atoms with Crippen LogP contribution in [0.5, 0.6) is 0 Å². The molecule has 182 valence electrons. The van der Waals surface area contributed by atoms with Crippen molar-refractivity contribution in [3.63, 3.8) is 0 Å². The molecule has 0 aromatic rings. The predicted molar refractivity (Wildman–Crippen MR) is 134 cm³/mol. The Labute approximate surface area is 193 Å². The van der Waals surface area contributed by atoms with Crippen molar-refractivity contribution in [2.24, 2.45) is 10.7 Å². The molecule has 0 aromatic heterocycles. The molecule has 0 aliphatic carbocycles. The number of hydrogen-bond donors (Lipinski definition) is 2. The number of quaternary nitrogens is 2. The molecule has 0 amide bonds. The summed E-state index contributed by atoms with van der Waals surface area (Å²) in [6, 6.07) is 0.435. The maximum absolute atomic E-state index is 8.43. The van der Waals surface area contributed by atoms with Gasteiger partial charge in [-0.15, -0.1) is 0 Å². The first-order chi connectivity index (χ1) is 14.7. The third-order valence-electron chi connectivity index (χ3n) is 7.83. The number of unbranched alkanes of at least 4 members (excludes halogenated alkanes) is 1. The van der Waals surface area contributed by atoms with Crippen molar-refractivity contribution in [1.29, 1.82) is 5.41 Å². The molecule has 0 radical (unpaired) electrons. The number of likely N-dealkylation sites (tertiary alicyclic amines) is 1. The van der Waals surface area contributed by atoms with E-state index in [9.17, 15) is 0 Å². The Hall–Kier alpha value is -1.34. The monoisotopic (exact) mass is 439 g/mol. The SMILES string of the molecule is CCC[N+](C)(CC)CCCCN(C)C(=N)/N=C(\N)N1CCCC1C[N+](CC)(CC)CC. The predicted octanol–water partition coefficient (Wildman–Crippen LogP) is 3.17. The number of likely N-dealkylation sites (N-methyl/N-ethyl adjacent to an activating group) is 1. The molecule has 1 saturated heterocycles. The molecule has 3 N–H and O–H groups in total. The fourth-order valence-corrected chi connectivity index (χ4v) is 5.01. The molecule has 7 heteroatoms. The standard InChI is InChI=1S/C24H53N7/c1-8-19-30(7,9-2)20-14-13-17-28(6)23(25)27-24(26)29-18-15-16-22(29)21-31(10-3,11-4)12-5/h22H,8-21H2,1-7H3,(H3,25,26,27)/q+2. The number of nitrogens with zero attached hydrogens (tertiary/aromatic N) is 5. The number of guanidine groups is 2. The molecule has 7 nitrogen and oxygen atoms in total. The molecule has 1 rings (SSSR count). The topological polar surface area (TPSA) is 68.7 Å². The minimum Gasteiger partial charge on any atom is -0.369 e. The molecule has 1 aliphatic heterocycles. The van der Waals surface area contributed by atoms with Crippen molar-refractivity contribution < 1.29 is 8.97 Å².